The average molecular weight is 285 g/mol. The van der Waals surface area contributed by atoms with Crippen molar-refractivity contribution in [3.63, 3.8) is 0 Å². The van der Waals surface area contributed by atoms with Crippen LogP contribution in [0, 0.1) is 0 Å². The van der Waals surface area contributed by atoms with Gasteiger partial charge in [0.2, 0.25) is 0 Å². The summed E-state index contributed by atoms with van der Waals surface area (Å²) < 4.78 is 7.14. The summed E-state index contributed by atoms with van der Waals surface area (Å²) >= 11 is 0. The van der Waals surface area contributed by atoms with E-state index in [2.05, 4.69) is 16.5 Å². The van der Waals surface area contributed by atoms with Crippen LogP contribution in [-0.2, 0) is 23.8 Å². The highest BCUT2D eigenvalue weighted by Gasteiger charge is 2.53. The molecule has 2 unspecified atom stereocenters. The minimum atomic E-state index is -0.990. The Morgan fingerprint density at radius 3 is 3.00 bits per heavy atom. The Morgan fingerprint density at radius 2 is 2.33 bits per heavy atom. The Hall–Kier alpha value is -2.34. The number of hydrogen-bond donors (Lipinski definition) is 2. The van der Waals surface area contributed by atoms with E-state index in [1.165, 1.54) is 0 Å². The number of fused-ring (bicyclic) bond motifs is 2. The maximum absolute atomic E-state index is 11.4. The number of aliphatic hydroxyl groups excluding tert-OH is 1. The molecule has 1 aromatic carbocycles. The zero-order valence-corrected chi connectivity index (χ0v) is 11.5. The van der Waals surface area contributed by atoms with Gasteiger partial charge in [0.05, 0.1) is 6.20 Å². The number of carbonyl (C=O) groups is 1. The lowest BCUT2D eigenvalue weighted by molar-refractivity contribution is -0.0406. The lowest BCUT2D eigenvalue weighted by Crippen LogP contribution is -2.39. The molecule has 2 aliphatic rings. The maximum atomic E-state index is 11.4. The van der Waals surface area contributed by atoms with E-state index in [1.807, 2.05) is 31.6 Å². The van der Waals surface area contributed by atoms with E-state index in [4.69, 9.17) is 4.74 Å². The van der Waals surface area contributed by atoms with Crippen LogP contribution in [0.4, 0.5) is 4.79 Å². The normalized spacial score (nSPS) is 26.8. The van der Waals surface area contributed by atoms with Crippen LogP contribution in [0.5, 0.6) is 0 Å². The summed E-state index contributed by atoms with van der Waals surface area (Å²) in [5.74, 6) is 0. The number of nitrogens with one attached hydrogen (secondary N) is 1. The van der Waals surface area contributed by atoms with Crippen LogP contribution in [-0.4, -0.2) is 27.2 Å². The van der Waals surface area contributed by atoms with E-state index < -0.39 is 17.9 Å². The lowest BCUT2D eigenvalue weighted by Gasteiger charge is -2.25. The molecule has 2 atom stereocenters. The number of alkyl carbamates (subject to hydrolysis) is 1. The topological polar surface area (TPSA) is 76.4 Å². The van der Waals surface area contributed by atoms with Gasteiger partial charge < -0.3 is 9.84 Å². The van der Waals surface area contributed by atoms with E-state index in [1.54, 1.807) is 4.68 Å². The summed E-state index contributed by atoms with van der Waals surface area (Å²) in [5, 5.41) is 16.7. The standard InChI is InChI=1S/C15H15N3O3/c1-18-8-11(7-16-18)9-2-3-12-10(6-9)4-5-15(12)13(19)17-14(20)21-15/h2-3,6-8,13,19H,4-5H2,1H3,(H,17,20). The molecule has 1 fully saturated rings. The molecule has 2 aromatic rings. The van der Waals surface area contributed by atoms with E-state index in [0.717, 1.165) is 28.7 Å². The van der Waals surface area contributed by atoms with Crippen LogP contribution in [0.2, 0.25) is 0 Å². The fourth-order valence-corrected chi connectivity index (χ4v) is 3.29. The number of rotatable bonds is 1. The molecule has 2 N–H and O–H groups in total. The minimum absolute atomic E-state index is 0.563. The van der Waals surface area contributed by atoms with Crippen LogP contribution < -0.4 is 5.32 Å². The first-order valence-corrected chi connectivity index (χ1v) is 6.88. The van der Waals surface area contributed by atoms with Crippen LogP contribution in [0.15, 0.2) is 30.6 Å². The molecule has 1 aliphatic carbocycles. The molecule has 0 bridgehead atoms. The smallest absolute Gasteiger partial charge is 0.410 e. The second-order valence-electron chi connectivity index (χ2n) is 5.60. The zero-order chi connectivity index (χ0) is 14.6. The van der Waals surface area contributed by atoms with Crippen LogP contribution in [0.25, 0.3) is 11.1 Å². The number of aliphatic hydroxyl groups is 1. The maximum Gasteiger partial charge on any atom is 0.410 e. The molecule has 2 heterocycles. The number of nitrogens with zero attached hydrogens (tertiary/aromatic N) is 2. The summed E-state index contributed by atoms with van der Waals surface area (Å²) in [7, 11) is 1.88. The summed E-state index contributed by atoms with van der Waals surface area (Å²) in [6.07, 6.45) is 3.59. The van der Waals surface area contributed by atoms with Gasteiger partial charge in [0, 0.05) is 30.8 Å². The largest absolute Gasteiger partial charge is 0.433 e. The number of ether oxygens (including phenoxy) is 1. The van der Waals surface area contributed by atoms with Gasteiger partial charge in [-0.25, -0.2) is 4.79 Å². The predicted molar refractivity (Wildman–Crippen MR) is 74.3 cm³/mol. The van der Waals surface area contributed by atoms with Crippen molar-refractivity contribution in [1.82, 2.24) is 15.1 Å². The molecule has 1 amide bonds. The van der Waals surface area contributed by atoms with Crippen LogP contribution in [0.3, 0.4) is 0 Å². The molecule has 4 rings (SSSR count). The molecule has 1 aliphatic heterocycles. The number of hydrogen-bond acceptors (Lipinski definition) is 4. The molecule has 21 heavy (non-hydrogen) atoms. The van der Waals surface area contributed by atoms with Gasteiger partial charge in [-0.05, 0) is 17.5 Å². The number of carbonyl (C=O) groups excluding carboxylic acids is 1. The highest BCUT2D eigenvalue weighted by Crippen LogP contribution is 2.45. The highest BCUT2D eigenvalue weighted by atomic mass is 16.6. The minimum Gasteiger partial charge on any atom is -0.433 e. The number of amides is 1. The van der Waals surface area contributed by atoms with Gasteiger partial charge in [-0.15, -0.1) is 0 Å². The van der Waals surface area contributed by atoms with Crippen molar-refractivity contribution in [2.75, 3.05) is 0 Å². The third kappa shape index (κ3) is 1.69. The van der Waals surface area contributed by atoms with Crippen molar-refractivity contribution in [1.29, 1.82) is 0 Å². The van der Waals surface area contributed by atoms with Crippen molar-refractivity contribution < 1.29 is 14.6 Å². The van der Waals surface area contributed by atoms with Gasteiger partial charge in [-0.3, -0.25) is 10.00 Å². The Labute approximate surface area is 121 Å². The Balaban J connectivity index is 1.77. The van der Waals surface area contributed by atoms with E-state index in [-0.39, 0.29) is 0 Å². The van der Waals surface area contributed by atoms with Gasteiger partial charge in [-0.2, -0.15) is 5.10 Å². The molecule has 1 saturated heterocycles. The van der Waals surface area contributed by atoms with Crippen LogP contribution >= 0.6 is 0 Å². The van der Waals surface area contributed by atoms with Crippen molar-refractivity contribution >= 4 is 6.09 Å². The summed E-state index contributed by atoms with van der Waals surface area (Å²) in [6, 6.07) is 6.00. The summed E-state index contributed by atoms with van der Waals surface area (Å²) in [4.78, 5) is 11.4. The summed E-state index contributed by atoms with van der Waals surface area (Å²) in [6.45, 7) is 0. The van der Waals surface area contributed by atoms with E-state index in [0.29, 0.717) is 6.42 Å². The SMILES string of the molecule is Cn1cc(-c2ccc3c(c2)CCC32OC(=O)NC2O)cn1. The van der Waals surface area contributed by atoms with Gasteiger partial charge in [0.15, 0.2) is 11.8 Å². The van der Waals surface area contributed by atoms with E-state index >= 15 is 0 Å². The molecular formula is C15H15N3O3. The first-order chi connectivity index (χ1) is 10.1. The van der Waals surface area contributed by atoms with Crippen molar-refractivity contribution in [2.45, 2.75) is 24.7 Å². The van der Waals surface area contributed by atoms with Crippen LogP contribution in [0.1, 0.15) is 17.5 Å². The van der Waals surface area contributed by atoms with Gasteiger partial charge >= 0.3 is 6.09 Å². The van der Waals surface area contributed by atoms with Crippen molar-refractivity contribution in [2.24, 2.45) is 7.05 Å². The summed E-state index contributed by atoms with van der Waals surface area (Å²) in [5.41, 5.74) is 3.18. The highest BCUT2D eigenvalue weighted by molar-refractivity contribution is 5.72. The second-order valence-corrected chi connectivity index (χ2v) is 5.60. The lowest BCUT2D eigenvalue weighted by atomic mass is 9.93. The fourth-order valence-electron chi connectivity index (χ4n) is 3.29. The number of aromatic nitrogens is 2. The quantitative estimate of drug-likeness (QED) is 0.827. The average Bonchev–Trinajstić information content (AvgIpc) is 3.11. The Kier molecular flexibility index (Phi) is 2.41. The zero-order valence-electron chi connectivity index (χ0n) is 11.5. The monoisotopic (exact) mass is 285 g/mol. The predicted octanol–water partition coefficient (Wildman–Crippen LogP) is 1.29. The first-order valence-electron chi connectivity index (χ1n) is 6.88. The fraction of sp³-hybridized carbons (Fsp3) is 0.333. The molecule has 0 saturated carbocycles. The van der Waals surface area contributed by atoms with Crippen molar-refractivity contribution in [3.8, 4) is 11.1 Å². The van der Waals surface area contributed by atoms with Gasteiger partial charge in [-0.1, -0.05) is 18.2 Å². The first kappa shape index (κ1) is 12.4. The third-order valence-corrected chi connectivity index (χ3v) is 4.34. The third-order valence-electron chi connectivity index (χ3n) is 4.34. The second kappa shape index (κ2) is 4.08. The molecule has 6 heteroatoms. The molecule has 0 radical (unpaired) electrons. The number of benzene rings is 1. The molecular weight excluding hydrogens is 270 g/mol. The van der Waals surface area contributed by atoms with Gasteiger partial charge in [0.25, 0.3) is 0 Å². The Bertz CT molecular complexity index is 740. The van der Waals surface area contributed by atoms with E-state index in [9.17, 15) is 9.90 Å². The van der Waals surface area contributed by atoms with Crippen molar-refractivity contribution in [3.05, 3.63) is 41.7 Å². The number of aryl methyl sites for hydroxylation is 2. The molecule has 1 aromatic heterocycles. The molecule has 1 spiro atoms. The molecule has 108 valence electrons. The Morgan fingerprint density at radius 1 is 1.48 bits per heavy atom. The van der Waals surface area contributed by atoms with Gasteiger partial charge in [0.1, 0.15) is 0 Å². The molecule has 6 nitrogen and oxygen atoms in total.